The molecule has 0 amide bonds. The Labute approximate surface area is 87.1 Å². The lowest BCUT2D eigenvalue weighted by Gasteiger charge is -2.32. The molecule has 0 bridgehead atoms. The Bertz CT molecular complexity index is 152. The first-order valence-corrected chi connectivity index (χ1v) is 5.89. The number of rotatable bonds is 5. The minimum Gasteiger partial charge on any atom is -0.392 e. The van der Waals surface area contributed by atoms with Crippen LogP contribution in [0.3, 0.4) is 0 Å². The Hall–Kier alpha value is -0.120. The Balaban J connectivity index is 2.26. The highest BCUT2D eigenvalue weighted by molar-refractivity contribution is 4.82. The Morgan fingerprint density at radius 2 is 2.14 bits per heavy atom. The molecular formula is C11H24N2O. The van der Waals surface area contributed by atoms with E-state index in [1.54, 1.807) is 0 Å². The van der Waals surface area contributed by atoms with Crippen molar-refractivity contribution in [2.75, 3.05) is 13.1 Å². The number of aliphatic hydroxyl groups excluding tert-OH is 1. The van der Waals surface area contributed by atoms with Crippen molar-refractivity contribution in [3.8, 4) is 0 Å². The molecule has 14 heavy (non-hydrogen) atoms. The van der Waals surface area contributed by atoms with Crippen LogP contribution in [0, 0.1) is 5.92 Å². The van der Waals surface area contributed by atoms with E-state index in [-0.39, 0.29) is 6.10 Å². The zero-order chi connectivity index (χ0) is 10.4. The van der Waals surface area contributed by atoms with E-state index in [0.717, 1.165) is 19.5 Å². The minimum atomic E-state index is -0.199. The third-order valence-electron chi connectivity index (χ3n) is 3.30. The van der Waals surface area contributed by atoms with Crippen molar-refractivity contribution in [2.24, 2.45) is 11.7 Å². The first kappa shape index (κ1) is 12.0. The second-order valence-electron chi connectivity index (χ2n) is 4.36. The maximum absolute atomic E-state index is 9.45. The molecule has 1 rings (SSSR count). The van der Waals surface area contributed by atoms with E-state index in [0.29, 0.717) is 12.0 Å². The van der Waals surface area contributed by atoms with E-state index in [1.807, 2.05) is 6.92 Å². The van der Waals surface area contributed by atoms with Crippen molar-refractivity contribution >= 4 is 0 Å². The largest absolute Gasteiger partial charge is 0.392 e. The summed E-state index contributed by atoms with van der Waals surface area (Å²) in [4.78, 5) is 0. The first-order valence-electron chi connectivity index (χ1n) is 5.89. The van der Waals surface area contributed by atoms with Gasteiger partial charge in [0.15, 0.2) is 0 Å². The van der Waals surface area contributed by atoms with Gasteiger partial charge < -0.3 is 16.2 Å². The highest BCUT2D eigenvalue weighted by Crippen LogP contribution is 2.23. The molecule has 3 unspecified atom stereocenters. The van der Waals surface area contributed by atoms with Gasteiger partial charge in [-0.3, -0.25) is 0 Å². The minimum absolute atomic E-state index is 0.199. The fourth-order valence-electron chi connectivity index (χ4n) is 2.19. The van der Waals surface area contributed by atoms with Crippen LogP contribution in [0.15, 0.2) is 0 Å². The molecule has 0 radical (unpaired) electrons. The second kappa shape index (κ2) is 6.38. The predicted octanol–water partition coefficient (Wildman–Crippen LogP) is 0.864. The molecule has 1 saturated carbocycles. The number of hydrogen-bond acceptors (Lipinski definition) is 3. The maximum Gasteiger partial charge on any atom is 0.0662 e. The lowest BCUT2D eigenvalue weighted by molar-refractivity contribution is 0.150. The summed E-state index contributed by atoms with van der Waals surface area (Å²) in [6.45, 7) is 3.51. The van der Waals surface area contributed by atoms with Gasteiger partial charge in [0, 0.05) is 12.6 Å². The summed E-state index contributed by atoms with van der Waals surface area (Å²) in [5, 5.41) is 12.9. The van der Waals surface area contributed by atoms with Crippen LogP contribution in [0.5, 0.6) is 0 Å². The van der Waals surface area contributed by atoms with E-state index in [4.69, 9.17) is 5.73 Å². The fraction of sp³-hybridized carbons (Fsp3) is 1.00. The molecule has 3 nitrogen and oxygen atoms in total. The summed E-state index contributed by atoms with van der Waals surface area (Å²) in [5.74, 6) is 0.618. The smallest absolute Gasteiger partial charge is 0.0662 e. The lowest BCUT2D eigenvalue weighted by atomic mass is 9.84. The molecule has 0 saturated heterocycles. The third kappa shape index (κ3) is 3.56. The SMILES string of the molecule is CCC(O)CNC1CCCCC1CN. The Morgan fingerprint density at radius 3 is 2.79 bits per heavy atom. The molecule has 1 aliphatic rings. The fourth-order valence-corrected chi connectivity index (χ4v) is 2.19. The summed E-state index contributed by atoms with van der Waals surface area (Å²) in [6.07, 6.45) is 5.71. The third-order valence-corrected chi connectivity index (χ3v) is 3.30. The van der Waals surface area contributed by atoms with Gasteiger partial charge in [0.2, 0.25) is 0 Å². The molecule has 3 atom stereocenters. The lowest BCUT2D eigenvalue weighted by Crippen LogP contribution is -2.44. The number of nitrogens with two attached hydrogens (primary N) is 1. The van der Waals surface area contributed by atoms with Crippen LogP contribution in [0.25, 0.3) is 0 Å². The summed E-state index contributed by atoms with van der Waals surface area (Å²) in [5.41, 5.74) is 5.73. The van der Waals surface area contributed by atoms with Gasteiger partial charge >= 0.3 is 0 Å². The molecule has 3 heteroatoms. The maximum atomic E-state index is 9.45. The highest BCUT2D eigenvalue weighted by Gasteiger charge is 2.23. The molecule has 0 spiro atoms. The van der Waals surface area contributed by atoms with E-state index in [9.17, 15) is 5.11 Å². The van der Waals surface area contributed by atoms with Crippen LogP contribution >= 0.6 is 0 Å². The summed E-state index contributed by atoms with van der Waals surface area (Å²) in [7, 11) is 0. The summed E-state index contributed by atoms with van der Waals surface area (Å²) in [6, 6.07) is 0.537. The highest BCUT2D eigenvalue weighted by atomic mass is 16.3. The van der Waals surface area contributed by atoms with E-state index in [1.165, 1.54) is 25.7 Å². The van der Waals surface area contributed by atoms with Gasteiger partial charge in [-0.1, -0.05) is 19.8 Å². The van der Waals surface area contributed by atoms with Gasteiger partial charge in [0.05, 0.1) is 6.10 Å². The molecule has 0 aromatic heterocycles. The van der Waals surface area contributed by atoms with Crippen molar-refractivity contribution in [1.29, 1.82) is 0 Å². The molecule has 1 aliphatic carbocycles. The van der Waals surface area contributed by atoms with Crippen molar-refractivity contribution < 1.29 is 5.11 Å². The monoisotopic (exact) mass is 200 g/mol. The van der Waals surface area contributed by atoms with E-state index >= 15 is 0 Å². The zero-order valence-electron chi connectivity index (χ0n) is 9.21. The van der Waals surface area contributed by atoms with Gasteiger partial charge in [0.25, 0.3) is 0 Å². The zero-order valence-corrected chi connectivity index (χ0v) is 9.21. The quantitative estimate of drug-likeness (QED) is 0.617. The van der Waals surface area contributed by atoms with E-state index in [2.05, 4.69) is 5.32 Å². The van der Waals surface area contributed by atoms with Crippen molar-refractivity contribution in [1.82, 2.24) is 5.32 Å². The summed E-state index contributed by atoms with van der Waals surface area (Å²) < 4.78 is 0. The molecule has 1 fully saturated rings. The van der Waals surface area contributed by atoms with Crippen LogP contribution in [0.1, 0.15) is 39.0 Å². The Morgan fingerprint density at radius 1 is 1.43 bits per heavy atom. The van der Waals surface area contributed by atoms with E-state index < -0.39 is 0 Å². The Kier molecular flexibility index (Phi) is 5.45. The van der Waals surface area contributed by atoms with Gasteiger partial charge in [-0.15, -0.1) is 0 Å². The molecule has 0 heterocycles. The van der Waals surface area contributed by atoms with Crippen LogP contribution < -0.4 is 11.1 Å². The van der Waals surface area contributed by atoms with Gasteiger partial charge in [-0.2, -0.15) is 0 Å². The van der Waals surface area contributed by atoms with Crippen molar-refractivity contribution in [3.05, 3.63) is 0 Å². The second-order valence-corrected chi connectivity index (χ2v) is 4.36. The first-order chi connectivity index (χ1) is 6.77. The summed E-state index contributed by atoms with van der Waals surface area (Å²) >= 11 is 0. The number of nitrogens with one attached hydrogen (secondary N) is 1. The van der Waals surface area contributed by atoms with Gasteiger partial charge in [0.1, 0.15) is 0 Å². The van der Waals surface area contributed by atoms with Gasteiger partial charge in [-0.05, 0) is 31.7 Å². The van der Waals surface area contributed by atoms with Crippen molar-refractivity contribution in [2.45, 2.75) is 51.2 Å². The normalized spacial score (nSPS) is 30.2. The average Bonchev–Trinajstić information content (AvgIpc) is 2.26. The molecule has 84 valence electrons. The number of aliphatic hydroxyl groups is 1. The topological polar surface area (TPSA) is 58.3 Å². The molecule has 0 aromatic rings. The van der Waals surface area contributed by atoms with Crippen LogP contribution in [0.2, 0.25) is 0 Å². The molecule has 4 N–H and O–H groups in total. The molecule has 0 aliphatic heterocycles. The molecular weight excluding hydrogens is 176 g/mol. The van der Waals surface area contributed by atoms with Gasteiger partial charge in [-0.25, -0.2) is 0 Å². The molecule has 0 aromatic carbocycles. The predicted molar refractivity (Wildman–Crippen MR) is 59.1 cm³/mol. The number of hydrogen-bond donors (Lipinski definition) is 3. The van der Waals surface area contributed by atoms with Crippen LogP contribution in [-0.4, -0.2) is 30.3 Å². The van der Waals surface area contributed by atoms with Crippen molar-refractivity contribution in [3.63, 3.8) is 0 Å². The average molecular weight is 200 g/mol. The standard InChI is InChI=1S/C11H24N2O/c1-2-10(14)8-13-11-6-4-3-5-9(11)7-12/h9-11,13-14H,2-8,12H2,1H3. The van der Waals surface area contributed by atoms with Crippen LogP contribution in [0.4, 0.5) is 0 Å². The van der Waals surface area contributed by atoms with Crippen LogP contribution in [-0.2, 0) is 0 Å².